The van der Waals surface area contributed by atoms with Crippen LogP contribution in [-0.2, 0) is 19.6 Å². The van der Waals surface area contributed by atoms with Gasteiger partial charge < -0.3 is 18.5 Å². The van der Waals surface area contributed by atoms with Crippen LogP contribution in [0.4, 0.5) is 0 Å². The highest BCUT2D eigenvalue weighted by Crippen LogP contribution is 2.17. The van der Waals surface area contributed by atoms with Gasteiger partial charge in [0.1, 0.15) is 6.54 Å². The van der Waals surface area contributed by atoms with Crippen LogP contribution >= 0.6 is 0 Å². The minimum Gasteiger partial charge on any atom is -0.748 e. The summed E-state index contributed by atoms with van der Waals surface area (Å²) in [5, 5.41) is 0. The predicted octanol–water partition coefficient (Wildman–Crippen LogP) is 3.95. The van der Waals surface area contributed by atoms with Crippen molar-refractivity contribution in [2.24, 2.45) is 0 Å². The molecule has 0 saturated carbocycles. The summed E-state index contributed by atoms with van der Waals surface area (Å²) in [5.74, 6) is -0.247. The van der Waals surface area contributed by atoms with Gasteiger partial charge in [-0.1, -0.05) is 39.5 Å². The number of hydrogen-bond acceptors (Lipinski definition) is 5. The second kappa shape index (κ2) is 17.6. The van der Waals surface area contributed by atoms with Crippen LogP contribution in [0.1, 0.15) is 78.1 Å². The fourth-order valence-corrected chi connectivity index (χ4v) is 4.21. The van der Waals surface area contributed by atoms with E-state index < -0.39 is 10.1 Å². The van der Waals surface area contributed by atoms with Crippen molar-refractivity contribution < 1.29 is 26.9 Å². The van der Waals surface area contributed by atoms with Gasteiger partial charge in [0.15, 0.2) is 0 Å². The average molecular weight is 424 g/mol. The van der Waals surface area contributed by atoms with E-state index in [1.165, 1.54) is 51.4 Å². The Bertz CT molecular complexity index is 430. The summed E-state index contributed by atoms with van der Waals surface area (Å²) < 4.78 is 44.6. The van der Waals surface area contributed by atoms with Crippen molar-refractivity contribution in [3.8, 4) is 0 Å². The topological polar surface area (TPSA) is 75.7 Å². The highest BCUT2D eigenvalue weighted by Gasteiger charge is 2.26. The van der Waals surface area contributed by atoms with Crippen LogP contribution in [0.25, 0.3) is 0 Å². The Morgan fingerprint density at radius 3 is 1.71 bits per heavy atom. The molecule has 0 aliphatic heterocycles. The third-order valence-corrected chi connectivity index (χ3v) is 6.18. The summed E-state index contributed by atoms with van der Waals surface area (Å²) in [6, 6.07) is 0. The van der Waals surface area contributed by atoms with Crippen LogP contribution in [0.2, 0.25) is 0 Å². The standard InChI is InChI=1S/C21H45NO5S/c1-4-6-8-10-14-22(15-11-9-7-5-2,17-18-27-20-19-26-3)16-12-13-21-28(23,24)25/h4-21H2,1-3H3. The molecule has 0 aliphatic rings. The summed E-state index contributed by atoms with van der Waals surface area (Å²) in [6.45, 7) is 10.5. The molecule has 0 heterocycles. The lowest BCUT2D eigenvalue weighted by molar-refractivity contribution is -0.929. The highest BCUT2D eigenvalue weighted by molar-refractivity contribution is 7.85. The fourth-order valence-electron chi connectivity index (χ4n) is 3.65. The molecule has 0 radical (unpaired) electrons. The molecule has 7 heteroatoms. The molecule has 0 rings (SSSR count). The minimum atomic E-state index is -4.11. The first-order valence-corrected chi connectivity index (χ1v) is 12.8. The molecule has 0 saturated heterocycles. The van der Waals surface area contributed by atoms with E-state index in [9.17, 15) is 13.0 Å². The smallest absolute Gasteiger partial charge is 0.102 e. The zero-order valence-corrected chi connectivity index (χ0v) is 19.4. The van der Waals surface area contributed by atoms with Crippen molar-refractivity contribution in [1.82, 2.24) is 0 Å². The van der Waals surface area contributed by atoms with Crippen molar-refractivity contribution in [2.75, 3.05) is 58.9 Å². The number of hydrogen-bond donors (Lipinski definition) is 0. The summed E-state index contributed by atoms with van der Waals surface area (Å²) in [5.41, 5.74) is 0. The number of rotatable bonds is 21. The van der Waals surface area contributed by atoms with Crippen molar-refractivity contribution in [2.45, 2.75) is 78.1 Å². The van der Waals surface area contributed by atoms with Crippen LogP contribution in [0.15, 0.2) is 0 Å². The Morgan fingerprint density at radius 2 is 1.25 bits per heavy atom. The van der Waals surface area contributed by atoms with E-state index in [4.69, 9.17) is 9.47 Å². The first kappa shape index (κ1) is 27.8. The molecule has 170 valence electrons. The second-order valence-electron chi connectivity index (χ2n) is 7.93. The maximum absolute atomic E-state index is 10.9. The van der Waals surface area contributed by atoms with E-state index in [2.05, 4.69) is 13.8 Å². The van der Waals surface area contributed by atoms with Crippen molar-refractivity contribution in [3.05, 3.63) is 0 Å². The molecule has 6 nitrogen and oxygen atoms in total. The second-order valence-corrected chi connectivity index (χ2v) is 9.46. The van der Waals surface area contributed by atoms with E-state index in [-0.39, 0.29) is 5.75 Å². The first-order chi connectivity index (χ1) is 13.4. The summed E-state index contributed by atoms with van der Waals surface area (Å²) in [7, 11) is -2.44. The Hall–Kier alpha value is -0.210. The quantitative estimate of drug-likeness (QED) is 0.159. The molecular weight excluding hydrogens is 378 g/mol. The van der Waals surface area contributed by atoms with E-state index in [0.29, 0.717) is 26.2 Å². The molecule has 0 amide bonds. The molecule has 0 aromatic rings. The Balaban J connectivity index is 4.81. The third kappa shape index (κ3) is 16.7. The molecule has 0 N–H and O–H groups in total. The average Bonchev–Trinajstić information content (AvgIpc) is 2.65. The van der Waals surface area contributed by atoms with Crippen LogP contribution in [0.3, 0.4) is 0 Å². The monoisotopic (exact) mass is 423 g/mol. The van der Waals surface area contributed by atoms with Crippen LogP contribution < -0.4 is 0 Å². The lowest BCUT2D eigenvalue weighted by Crippen LogP contribution is -2.52. The molecule has 0 aliphatic carbocycles. The minimum absolute atomic E-state index is 0.247. The molecule has 0 bridgehead atoms. The largest absolute Gasteiger partial charge is 0.748 e. The van der Waals surface area contributed by atoms with E-state index in [1.807, 2.05) is 0 Å². The van der Waals surface area contributed by atoms with Gasteiger partial charge in [-0.2, -0.15) is 0 Å². The van der Waals surface area contributed by atoms with Crippen molar-refractivity contribution in [1.29, 1.82) is 0 Å². The van der Waals surface area contributed by atoms with Crippen molar-refractivity contribution >= 4 is 10.1 Å². The molecule has 0 aromatic carbocycles. The molecular formula is C21H45NO5S. The van der Waals surface area contributed by atoms with Gasteiger partial charge in [-0.05, 0) is 38.5 Å². The number of ether oxygens (including phenoxy) is 2. The number of quaternary nitrogens is 1. The number of unbranched alkanes of at least 4 members (excludes halogenated alkanes) is 7. The van der Waals surface area contributed by atoms with E-state index in [0.717, 1.165) is 37.1 Å². The SMILES string of the molecule is CCCCCC[N+](CCCCCC)(CCCCS(=O)(=O)[O-])CCOCCOC. The molecule has 0 aromatic heterocycles. The lowest BCUT2D eigenvalue weighted by Gasteiger charge is -2.39. The molecule has 0 fully saturated rings. The van der Waals surface area contributed by atoms with Gasteiger partial charge in [-0.15, -0.1) is 0 Å². The van der Waals surface area contributed by atoms with Gasteiger partial charge in [0.2, 0.25) is 0 Å². The zero-order chi connectivity index (χ0) is 21.1. The summed E-state index contributed by atoms with van der Waals surface area (Å²) in [4.78, 5) is 0. The Labute approximate surface area is 174 Å². The van der Waals surface area contributed by atoms with Gasteiger partial charge in [0.25, 0.3) is 0 Å². The lowest BCUT2D eigenvalue weighted by atomic mass is 10.1. The normalized spacial score (nSPS) is 12.6. The molecule has 0 spiro atoms. The zero-order valence-electron chi connectivity index (χ0n) is 18.6. The molecule has 0 unspecified atom stereocenters. The fraction of sp³-hybridized carbons (Fsp3) is 1.00. The Kier molecular flexibility index (Phi) is 17.5. The van der Waals surface area contributed by atoms with Gasteiger partial charge in [-0.25, -0.2) is 8.42 Å². The van der Waals surface area contributed by atoms with Gasteiger partial charge in [0.05, 0.1) is 49.6 Å². The Morgan fingerprint density at radius 1 is 0.714 bits per heavy atom. The maximum Gasteiger partial charge on any atom is 0.102 e. The predicted molar refractivity (Wildman–Crippen MR) is 115 cm³/mol. The van der Waals surface area contributed by atoms with Gasteiger partial charge >= 0.3 is 0 Å². The van der Waals surface area contributed by atoms with Gasteiger partial charge in [0, 0.05) is 12.9 Å². The van der Waals surface area contributed by atoms with Crippen LogP contribution in [0.5, 0.6) is 0 Å². The first-order valence-electron chi connectivity index (χ1n) is 11.2. The number of nitrogens with zero attached hydrogens (tertiary/aromatic N) is 1. The number of methoxy groups -OCH3 is 1. The van der Waals surface area contributed by atoms with Gasteiger partial charge in [-0.3, -0.25) is 0 Å². The van der Waals surface area contributed by atoms with Crippen LogP contribution in [0, 0.1) is 0 Å². The summed E-state index contributed by atoms with van der Waals surface area (Å²) in [6.07, 6.45) is 11.1. The van der Waals surface area contributed by atoms with E-state index in [1.54, 1.807) is 7.11 Å². The van der Waals surface area contributed by atoms with E-state index >= 15 is 0 Å². The molecule has 0 atom stereocenters. The van der Waals surface area contributed by atoms with Crippen LogP contribution in [-0.4, -0.2) is 76.3 Å². The summed E-state index contributed by atoms with van der Waals surface area (Å²) >= 11 is 0. The highest BCUT2D eigenvalue weighted by atomic mass is 32.2. The maximum atomic E-state index is 10.9. The van der Waals surface area contributed by atoms with Crippen molar-refractivity contribution in [3.63, 3.8) is 0 Å². The molecule has 28 heavy (non-hydrogen) atoms. The third-order valence-electron chi connectivity index (χ3n) is 5.39.